The number of nitro groups is 1. The van der Waals surface area contributed by atoms with Crippen LogP contribution in [-0.4, -0.2) is 15.4 Å². The van der Waals surface area contributed by atoms with Gasteiger partial charge in [-0.05, 0) is 18.6 Å². The fraction of sp³-hybridized carbons (Fsp3) is 0.231. The van der Waals surface area contributed by atoms with Gasteiger partial charge in [-0.25, -0.2) is 0 Å². The van der Waals surface area contributed by atoms with Crippen molar-refractivity contribution < 1.29 is 9.72 Å². The molecule has 1 heterocycles. The summed E-state index contributed by atoms with van der Waals surface area (Å²) in [5.41, 5.74) is 4.66. The molecule has 2 rings (SSSR count). The number of hydrogen-bond acceptors (Lipinski definition) is 4. The number of non-ortho nitro benzene ring substituents is 1. The third-order valence-corrected chi connectivity index (χ3v) is 3.20. The second-order valence-electron chi connectivity index (χ2n) is 4.35. The Morgan fingerprint density at radius 2 is 2.10 bits per heavy atom. The lowest BCUT2D eigenvalue weighted by atomic mass is 10.1. The molecule has 0 spiro atoms. The standard InChI is InChI=1S/C13H13N3O4/c1-2-10(12(14)17)15-7-6-8-9(13(15)18)4-3-5-11(8)16(19)20/h3-7,10H,2H2,1H3,(H2,14,17). The first-order chi connectivity index (χ1) is 9.47. The SMILES string of the molecule is CCC(C(N)=O)n1ccc2c([N+](=O)[O-])cccc2c1=O. The zero-order valence-corrected chi connectivity index (χ0v) is 10.8. The lowest BCUT2D eigenvalue weighted by Gasteiger charge is -2.15. The molecular formula is C13H13N3O4. The third kappa shape index (κ3) is 2.13. The lowest BCUT2D eigenvalue weighted by Crippen LogP contribution is -2.33. The van der Waals surface area contributed by atoms with Gasteiger partial charge in [-0.3, -0.25) is 19.7 Å². The summed E-state index contributed by atoms with van der Waals surface area (Å²) >= 11 is 0. The van der Waals surface area contributed by atoms with E-state index in [1.165, 1.54) is 35.0 Å². The number of primary amides is 1. The van der Waals surface area contributed by atoms with Gasteiger partial charge in [-0.1, -0.05) is 13.0 Å². The maximum Gasteiger partial charge on any atom is 0.277 e. The van der Waals surface area contributed by atoms with E-state index in [4.69, 9.17) is 5.73 Å². The number of nitrogens with zero attached hydrogens (tertiary/aromatic N) is 2. The highest BCUT2D eigenvalue weighted by molar-refractivity contribution is 5.90. The van der Waals surface area contributed by atoms with Crippen molar-refractivity contribution in [3.8, 4) is 0 Å². The van der Waals surface area contributed by atoms with Crippen LogP contribution in [0.15, 0.2) is 35.3 Å². The molecular weight excluding hydrogens is 262 g/mol. The summed E-state index contributed by atoms with van der Waals surface area (Å²) in [4.78, 5) is 34.1. The highest BCUT2D eigenvalue weighted by Gasteiger charge is 2.19. The summed E-state index contributed by atoms with van der Waals surface area (Å²) in [6, 6.07) is 4.97. The van der Waals surface area contributed by atoms with E-state index in [0.29, 0.717) is 6.42 Å². The van der Waals surface area contributed by atoms with Gasteiger partial charge in [0.2, 0.25) is 5.91 Å². The van der Waals surface area contributed by atoms with E-state index in [-0.39, 0.29) is 16.5 Å². The van der Waals surface area contributed by atoms with Crippen LogP contribution in [0.1, 0.15) is 19.4 Å². The highest BCUT2D eigenvalue weighted by Crippen LogP contribution is 2.23. The molecule has 0 saturated carbocycles. The maximum absolute atomic E-state index is 12.3. The number of rotatable bonds is 4. The Morgan fingerprint density at radius 3 is 2.65 bits per heavy atom. The highest BCUT2D eigenvalue weighted by atomic mass is 16.6. The fourth-order valence-corrected chi connectivity index (χ4v) is 2.22. The Morgan fingerprint density at radius 1 is 1.40 bits per heavy atom. The summed E-state index contributed by atoms with van der Waals surface area (Å²) in [5, 5.41) is 11.4. The van der Waals surface area contributed by atoms with Gasteiger partial charge in [0.25, 0.3) is 11.2 Å². The Bertz CT molecular complexity index is 751. The molecule has 0 bridgehead atoms. The van der Waals surface area contributed by atoms with Crippen molar-refractivity contribution in [1.29, 1.82) is 0 Å². The first-order valence-electron chi connectivity index (χ1n) is 6.05. The van der Waals surface area contributed by atoms with Crippen molar-refractivity contribution >= 4 is 22.4 Å². The summed E-state index contributed by atoms with van der Waals surface area (Å²) in [6.07, 6.45) is 1.74. The van der Waals surface area contributed by atoms with Gasteiger partial charge in [0.1, 0.15) is 6.04 Å². The number of aromatic nitrogens is 1. The van der Waals surface area contributed by atoms with Gasteiger partial charge in [-0.15, -0.1) is 0 Å². The van der Waals surface area contributed by atoms with E-state index in [1.54, 1.807) is 6.92 Å². The number of carbonyl (C=O) groups is 1. The molecule has 0 saturated heterocycles. The maximum atomic E-state index is 12.3. The van der Waals surface area contributed by atoms with Crippen LogP contribution in [0.3, 0.4) is 0 Å². The van der Waals surface area contributed by atoms with Crippen LogP contribution >= 0.6 is 0 Å². The van der Waals surface area contributed by atoms with Crippen LogP contribution in [-0.2, 0) is 4.79 Å². The molecule has 0 fully saturated rings. The molecule has 0 aliphatic heterocycles. The Kier molecular flexibility index (Phi) is 3.51. The van der Waals surface area contributed by atoms with Crippen molar-refractivity contribution in [3.05, 3.63) is 50.9 Å². The molecule has 1 amide bonds. The number of pyridine rings is 1. The largest absolute Gasteiger partial charge is 0.368 e. The lowest BCUT2D eigenvalue weighted by molar-refractivity contribution is -0.383. The van der Waals surface area contributed by atoms with Gasteiger partial charge >= 0.3 is 0 Å². The first-order valence-corrected chi connectivity index (χ1v) is 6.05. The van der Waals surface area contributed by atoms with Crippen LogP contribution in [0.2, 0.25) is 0 Å². The average molecular weight is 275 g/mol. The van der Waals surface area contributed by atoms with Crippen molar-refractivity contribution in [2.45, 2.75) is 19.4 Å². The van der Waals surface area contributed by atoms with Crippen molar-refractivity contribution in [3.63, 3.8) is 0 Å². The number of fused-ring (bicyclic) bond motifs is 1. The van der Waals surface area contributed by atoms with Crippen molar-refractivity contribution in [2.75, 3.05) is 0 Å². The minimum atomic E-state index is -0.758. The van der Waals surface area contributed by atoms with E-state index in [2.05, 4.69) is 0 Å². The first kappa shape index (κ1) is 13.7. The zero-order valence-electron chi connectivity index (χ0n) is 10.8. The fourth-order valence-electron chi connectivity index (χ4n) is 2.22. The molecule has 20 heavy (non-hydrogen) atoms. The number of hydrogen-bond donors (Lipinski definition) is 1. The molecule has 1 aromatic heterocycles. The number of amides is 1. The minimum Gasteiger partial charge on any atom is -0.368 e. The van der Waals surface area contributed by atoms with Crippen LogP contribution in [0.5, 0.6) is 0 Å². The summed E-state index contributed by atoms with van der Waals surface area (Å²) in [6.45, 7) is 1.74. The number of carbonyl (C=O) groups excluding carboxylic acids is 1. The van der Waals surface area contributed by atoms with Gasteiger partial charge in [0, 0.05) is 12.3 Å². The molecule has 104 valence electrons. The molecule has 2 aromatic rings. The summed E-state index contributed by atoms with van der Waals surface area (Å²) in [7, 11) is 0. The molecule has 0 aliphatic rings. The topological polar surface area (TPSA) is 108 Å². The Labute approximate surface area is 113 Å². The van der Waals surface area contributed by atoms with E-state index in [9.17, 15) is 19.7 Å². The van der Waals surface area contributed by atoms with Gasteiger partial charge in [0.15, 0.2) is 0 Å². The molecule has 7 nitrogen and oxygen atoms in total. The molecule has 0 radical (unpaired) electrons. The molecule has 2 N–H and O–H groups in total. The molecule has 7 heteroatoms. The van der Waals surface area contributed by atoms with E-state index in [0.717, 1.165) is 0 Å². The van der Waals surface area contributed by atoms with Gasteiger partial charge in [0.05, 0.1) is 15.7 Å². The number of nitrogens with two attached hydrogens (primary N) is 1. The number of benzene rings is 1. The second kappa shape index (κ2) is 5.12. The van der Waals surface area contributed by atoms with Crippen molar-refractivity contribution in [2.24, 2.45) is 5.73 Å². The third-order valence-electron chi connectivity index (χ3n) is 3.20. The van der Waals surface area contributed by atoms with E-state index >= 15 is 0 Å². The summed E-state index contributed by atoms with van der Waals surface area (Å²) < 4.78 is 1.22. The van der Waals surface area contributed by atoms with Crippen LogP contribution in [0, 0.1) is 10.1 Å². The smallest absolute Gasteiger partial charge is 0.277 e. The molecule has 1 unspecified atom stereocenters. The van der Waals surface area contributed by atoms with Crippen LogP contribution in [0.25, 0.3) is 10.8 Å². The monoisotopic (exact) mass is 275 g/mol. The van der Waals surface area contributed by atoms with E-state index in [1.807, 2.05) is 0 Å². The minimum absolute atomic E-state index is 0.140. The summed E-state index contributed by atoms with van der Waals surface area (Å²) in [5.74, 6) is -0.612. The second-order valence-corrected chi connectivity index (χ2v) is 4.35. The van der Waals surface area contributed by atoms with Crippen LogP contribution < -0.4 is 11.3 Å². The normalized spacial score (nSPS) is 12.2. The zero-order chi connectivity index (χ0) is 14.9. The number of nitro benzene ring substituents is 1. The average Bonchev–Trinajstić information content (AvgIpc) is 2.41. The van der Waals surface area contributed by atoms with Crippen LogP contribution in [0.4, 0.5) is 5.69 Å². The van der Waals surface area contributed by atoms with Crippen molar-refractivity contribution in [1.82, 2.24) is 4.57 Å². The Hall–Kier alpha value is -2.70. The van der Waals surface area contributed by atoms with E-state index < -0.39 is 22.4 Å². The molecule has 0 aliphatic carbocycles. The quantitative estimate of drug-likeness (QED) is 0.670. The van der Waals surface area contributed by atoms with Gasteiger partial charge < -0.3 is 10.3 Å². The molecule has 1 atom stereocenters. The molecule has 1 aromatic carbocycles. The predicted octanol–water partition coefficient (Wildman–Crippen LogP) is 1.35. The van der Waals surface area contributed by atoms with Gasteiger partial charge in [-0.2, -0.15) is 0 Å². The Balaban J connectivity index is 2.76. The predicted molar refractivity (Wildman–Crippen MR) is 73.4 cm³/mol.